The Morgan fingerprint density at radius 1 is 1.16 bits per heavy atom. The average Bonchev–Trinajstić information content (AvgIpc) is 2.88. The Bertz CT molecular complexity index is 376. The predicted octanol–water partition coefficient (Wildman–Crippen LogP) is 2.83. The smallest absolute Gasteiger partial charge is 0.303 e. The molecule has 0 aliphatic rings. The lowest BCUT2D eigenvalue weighted by molar-refractivity contribution is -0.137. The van der Waals surface area contributed by atoms with Crippen molar-refractivity contribution in [1.82, 2.24) is 5.32 Å². The summed E-state index contributed by atoms with van der Waals surface area (Å²) in [6.45, 7) is 0.690. The van der Waals surface area contributed by atoms with Crippen molar-refractivity contribution in [2.45, 2.75) is 44.9 Å². The summed E-state index contributed by atoms with van der Waals surface area (Å²) in [5.41, 5.74) is 1.22. The molecule has 1 amide bonds. The number of aliphatic carboxylic acids is 1. The number of nitrogens with one attached hydrogen (secondary N) is 1. The van der Waals surface area contributed by atoms with Gasteiger partial charge < -0.3 is 10.4 Å². The minimum atomic E-state index is -0.735. The maximum atomic E-state index is 11.5. The van der Waals surface area contributed by atoms with E-state index in [4.69, 9.17) is 5.11 Å². The lowest BCUT2D eigenvalue weighted by atomic mass is 10.1. The number of unbranched alkanes of at least 4 members (excludes halogenated alkanes) is 3. The van der Waals surface area contributed by atoms with Crippen LogP contribution < -0.4 is 5.32 Å². The molecule has 0 spiro atoms. The Hall–Kier alpha value is -1.36. The van der Waals surface area contributed by atoms with Crippen molar-refractivity contribution in [3.8, 4) is 0 Å². The van der Waals surface area contributed by atoms with Crippen molar-refractivity contribution in [3.05, 3.63) is 22.4 Å². The van der Waals surface area contributed by atoms with Crippen LogP contribution in [0.5, 0.6) is 0 Å². The molecule has 5 heteroatoms. The van der Waals surface area contributed by atoms with Crippen LogP contribution in [-0.4, -0.2) is 23.5 Å². The number of carbonyl (C=O) groups excluding carboxylic acids is 1. The molecule has 19 heavy (non-hydrogen) atoms. The van der Waals surface area contributed by atoms with E-state index < -0.39 is 5.97 Å². The van der Waals surface area contributed by atoms with Gasteiger partial charge in [0.2, 0.25) is 5.91 Å². The SMILES string of the molecule is O=C(O)CCCCCCNC(=O)CCc1ccsc1. The van der Waals surface area contributed by atoms with Gasteiger partial charge in [0.25, 0.3) is 0 Å². The normalized spacial score (nSPS) is 10.3. The average molecular weight is 283 g/mol. The largest absolute Gasteiger partial charge is 0.481 e. The Morgan fingerprint density at radius 3 is 2.63 bits per heavy atom. The number of hydrogen-bond donors (Lipinski definition) is 2. The standard InChI is InChI=1S/C14H21NO3S/c16-13(7-6-12-8-10-19-11-12)15-9-4-2-1-3-5-14(17)18/h8,10-11H,1-7,9H2,(H,15,16)(H,17,18). The van der Waals surface area contributed by atoms with E-state index in [-0.39, 0.29) is 12.3 Å². The van der Waals surface area contributed by atoms with Crippen LogP contribution in [0.3, 0.4) is 0 Å². The topological polar surface area (TPSA) is 66.4 Å². The van der Waals surface area contributed by atoms with Gasteiger partial charge in [0.1, 0.15) is 0 Å². The van der Waals surface area contributed by atoms with Gasteiger partial charge in [0.15, 0.2) is 0 Å². The Morgan fingerprint density at radius 2 is 1.95 bits per heavy atom. The fraction of sp³-hybridized carbons (Fsp3) is 0.571. The molecule has 2 N–H and O–H groups in total. The molecule has 1 rings (SSSR count). The maximum Gasteiger partial charge on any atom is 0.303 e. The summed E-state index contributed by atoms with van der Waals surface area (Å²) in [5, 5.41) is 15.4. The molecule has 0 aromatic carbocycles. The molecular formula is C14H21NO3S. The first kappa shape index (κ1) is 15.7. The van der Waals surface area contributed by atoms with Gasteiger partial charge in [0.05, 0.1) is 0 Å². The number of carbonyl (C=O) groups is 2. The van der Waals surface area contributed by atoms with E-state index in [9.17, 15) is 9.59 Å². The van der Waals surface area contributed by atoms with E-state index in [0.717, 1.165) is 32.1 Å². The second-order valence-corrected chi connectivity index (χ2v) is 5.32. The monoisotopic (exact) mass is 283 g/mol. The van der Waals surface area contributed by atoms with Crippen molar-refractivity contribution in [2.24, 2.45) is 0 Å². The molecule has 1 aromatic heterocycles. The highest BCUT2D eigenvalue weighted by atomic mass is 32.1. The highest BCUT2D eigenvalue weighted by molar-refractivity contribution is 7.07. The zero-order valence-electron chi connectivity index (χ0n) is 11.1. The fourth-order valence-electron chi connectivity index (χ4n) is 1.76. The lowest BCUT2D eigenvalue weighted by Crippen LogP contribution is -2.24. The van der Waals surface area contributed by atoms with Gasteiger partial charge in [-0.1, -0.05) is 12.8 Å². The first-order valence-corrected chi connectivity index (χ1v) is 7.62. The summed E-state index contributed by atoms with van der Waals surface area (Å²) in [6.07, 6.45) is 5.11. The first-order valence-electron chi connectivity index (χ1n) is 6.68. The Balaban J connectivity index is 1.91. The quantitative estimate of drug-likeness (QED) is 0.649. The van der Waals surface area contributed by atoms with E-state index in [0.29, 0.717) is 13.0 Å². The number of amides is 1. The minimum Gasteiger partial charge on any atom is -0.481 e. The molecule has 0 saturated heterocycles. The molecule has 0 atom stereocenters. The predicted molar refractivity (Wildman–Crippen MR) is 76.4 cm³/mol. The number of thiophene rings is 1. The molecule has 0 aliphatic carbocycles. The summed E-state index contributed by atoms with van der Waals surface area (Å²) >= 11 is 1.65. The van der Waals surface area contributed by atoms with Gasteiger partial charge in [0, 0.05) is 19.4 Å². The van der Waals surface area contributed by atoms with Gasteiger partial charge in [-0.2, -0.15) is 11.3 Å². The van der Waals surface area contributed by atoms with Crippen LogP contribution in [0.25, 0.3) is 0 Å². The van der Waals surface area contributed by atoms with Crippen molar-refractivity contribution < 1.29 is 14.7 Å². The second-order valence-electron chi connectivity index (χ2n) is 4.54. The summed E-state index contributed by atoms with van der Waals surface area (Å²) in [4.78, 5) is 21.8. The highest BCUT2D eigenvalue weighted by Gasteiger charge is 2.02. The molecule has 4 nitrogen and oxygen atoms in total. The van der Waals surface area contributed by atoms with Gasteiger partial charge in [-0.25, -0.2) is 0 Å². The molecule has 0 bridgehead atoms. The molecule has 1 aromatic rings. The van der Waals surface area contributed by atoms with E-state index in [2.05, 4.69) is 10.7 Å². The van der Waals surface area contributed by atoms with Crippen LogP contribution in [0.4, 0.5) is 0 Å². The third-order valence-electron chi connectivity index (χ3n) is 2.86. The zero-order chi connectivity index (χ0) is 13.9. The van der Waals surface area contributed by atoms with Crippen molar-refractivity contribution in [1.29, 1.82) is 0 Å². The fourth-order valence-corrected chi connectivity index (χ4v) is 2.47. The lowest BCUT2D eigenvalue weighted by Gasteiger charge is -2.04. The van der Waals surface area contributed by atoms with E-state index in [1.54, 1.807) is 11.3 Å². The molecule has 1 heterocycles. The second kappa shape index (κ2) is 9.55. The van der Waals surface area contributed by atoms with Crippen LogP contribution in [0.15, 0.2) is 16.8 Å². The van der Waals surface area contributed by atoms with E-state index in [1.807, 2.05) is 11.4 Å². The number of rotatable bonds is 10. The minimum absolute atomic E-state index is 0.0942. The Labute approximate surface area is 117 Å². The van der Waals surface area contributed by atoms with Crippen molar-refractivity contribution in [2.75, 3.05) is 6.54 Å². The molecule has 0 fully saturated rings. The number of carboxylic acid groups (broad SMARTS) is 1. The summed E-state index contributed by atoms with van der Waals surface area (Å²) in [5.74, 6) is -0.640. The third-order valence-corrected chi connectivity index (χ3v) is 3.59. The van der Waals surface area contributed by atoms with Gasteiger partial charge in [-0.15, -0.1) is 0 Å². The van der Waals surface area contributed by atoms with Gasteiger partial charge >= 0.3 is 5.97 Å². The van der Waals surface area contributed by atoms with Crippen molar-refractivity contribution in [3.63, 3.8) is 0 Å². The van der Waals surface area contributed by atoms with Gasteiger partial charge in [-0.05, 0) is 41.7 Å². The molecule has 0 radical (unpaired) electrons. The first-order chi connectivity index (χ1) is 9.18. The van der Waals surface area contributed by atoms with Crippen molar-refractivity contribution >= 4 is 23.2 Å². The number of carboxylic acids is 1. The molecule has 106 valence electrons. The summed E-state index contributed by atoms with van der Waals surface area (Å²) < 4.78 is 0. The third kappa shape index (κ3) is 8.37. The van der Waals surface area contributed by atoms with Crippen LogP contribution in [0.1, 0.15) is 44.1 Å². The molecular weight excluding hydrogens is 262 g/mol. The van der Waals surface area contributed by atoms with E-state index >= 15 is 0 Å². The van der Waals surface area contributed by atoms with Crippen LogP contribution in [-0.2, 0) is 16.0 Å². The molecule has 0 unspecified atom stereocenters. The number of hydrogen-bond acceptors (Lipinski definition) is 3. The summed E-state index contributed by atoms with van der Waals surface area (Å²) in [7, 11) is 0. The molecule has 0 saturated carbocycles. The zero-order valence-corrected chi connectivity index (χ0v) is 11.9. The highest BCUT2D eigenvalue weighted by Crippen LogP contribution is 2.08. The van der Waals surface area contributed by atoms with Crippen LogP contribution in [0, 0.1) is 0 Å². The number of aryl methyl sites for hydroxylation is 1. The Kier molecular flexibility index (Phi) is 7.89. The maximum absolute atomic E-state index is 11.5. The van der Waals surface area contributed by atoms with Gasteiger partial charge in [-0.3, -0.25) is 9.59 Å². The van der Waals surface area contributed by atoms with Crippen LogP contribution >= 0.6 is 11.3 Å². The summed E-state index contributed by atoms with van der Waals surface area (Å²) in [6, 6.07) is 2.04. The van der Waals surface area contributed by atoms with E-state index in [1.165, 1.54) is 5.56 Å². The van der Waals surface area contributed by atoms with Crippen LogP contribution in [0.2, 0.25) is 0 Å². The molecule has 0 aliphatic heterocycles.